The number of Topliss-reactive ketones (excluding diaryl/α,β-unsaturated/α-hetero) is 1. The molecule has 2 N–H and O–H groups in total. The minimum absolute atomic E-state index is 0.174. The van der Waals surface area contributed by atoms with Gasteiger partial charge in [0.05, 0.1) is 38.0 Å². The lowest BCUT2D eigenvalue weighted by molar-refractivity contribution is -0.908. The number of hydrogen-bond acceptors (Lipinski definition) is 5. The lowest BCUT2D eigenvalue weighted by Crippen LogP contribution is -3.14. The van der Waals surface area contributed by atoms with Gasteiger partial charge in [-0.3, -0.25) is 9.59 Å². The van der Waals surface area contributed by atoms with Crippen LogP contribution in [0, 0.1) is 0 Å². The van der Waals surface area contributed by atoms with Crippen LogP contribution in [-0.2, 0) is 14.3 Å². The molecular weight excluding hydrogens is 360 g/mol. The van der Waals surface area contributed by atoms with Gasteiger partial charge in [-0.2, -0.15) is 0 Å². The molecule has 2 heterocycles. The largest absolute Gasteiger partial charge is 0.503 e. The van der Waals surface area contributed by atoms with Gasteiger partial charge in [-0.15, -0.1) is 0 Å². The van der Waals surface area contributed by atoms with Crippen molar-refractivity contribution in [3.63, 3.8) is 0 Å². The monoisotopic (exact) mass is 389 g/mol. The molecule has 0 aliphatic carbocycles. The summed E-state index contributed by atoms with van der Waals surface area (Å²) < 4.78 is 10.9. The maximum Gasteiger partial charge on any atom is 0.290 e. The van der Waals surface area contributed by atoms with Crippen molar-refractivity contribution in [3.05, 3.63) is 41.2 Å². The van der Waals surface area contributed by atoms with Gasteiger partial charge in [0.2, 0.25) is 0 Å². The van der Waals surface area contributed by atoms with Crippen LogP contribution < -0.4 is 9.64 Å². The summed E-state index contributed by atoms with van der Waals surface area (Å²) in [6.07, 6.45) is 0.799. The van der Waals surface area contributed by atoms with Crippen LogP contribution in [0.1, 0.15) is 31.9 Å². The number of carbonyl (C=O) groups excluding carboxylic acids is 2. The number of hydrogen-bond donors (Lipinski definition) is 2. The van der Waals surface area contributed by atoms with E-state index in [4.69, 9.17) is 9.47 Å². The maximum absolute atomic E-state index is 12.7. The number of aliphatic hydroxyl groups excluding tert-OH is 1. The number of rotatable bonds is 8. The zero-order valence-corrected chi connectivity index (χ0v) is 16.6. The number of nitrogens with zero attached hydrogens (tertiary/aromatic N) is 1. The van der Waals surface area contributed by atoms with Crippen molar-refractivity contribution in [3.8, 4) is 5.75 Å². The number of aliphatic hydroxyl groups is 1. The first-order chi connectivity index (χ1) is 13.5. The topological polar surface area (TPSA) is 80.5 Å². The van der Waals surface area contributed by atoms with E-state index in [1.807, 2.05) is 31.2 Å². The minimum atomic E-state index is -0.555. The number of quaternary nitrogens is 1. The van der Waals surface area contributed by atoms with E-state index in [1.54, 1.807) is 4.90 Å². The molecule has 2 aliphatic rings. The first-order valence-electron chi connectivity index (χ1n) is 9.92. The van der Waals surface area contributed by atoms with Crippen LogP contribution in [0.5, 0.6) is 5.75 Å². The predicted molar refractivity (Wildman–Crippen MR) is 103 cm³/mol. The molecule has 152 valence electrons. The van der Waals surface area contributed by atoms with E-state index in [9.17, 15) is 14.7 Å². The Kier molecular flexibility index (Phi) is 6.70. The summed E-state index contributed by atoms with van der Waals surface area (Å²) in [5, 5.41) is 10.3. The fourth-order valence-corrected chi connectivity index (χ4v) is 3.91. The van der Waals surface area contributed by atoms with E-state index in [-0.39, 0.29) is 11.4 Å². The van der Waals surface area contributed by atoms with Crippen molar-refractivity contribution in [2.45, 2.75) is 26.3 Å². The number of morpholine rings is 1. The van der Waals surface area contributed by atoms with Crippen molar-refractivity contribution >= 4 is 11.7 Å². The van der Waals surface area contributed by atoms with E-state index >= 15 is 0 Å². The van der Waals surface area contributed by atoms with Gasteiger partial charge in [0.1, 0.15) is 18.8 Å². The number of ketones is 1. The van der Waals surface area contributed by atoms with Crippen molar-refractivity contribution in [2.24, 2.45) is 0 Å². The minimum Gasteiger partial charge on any atom is -0.503 e. The van der Waals surface area contributed by atoms with E-state index in [1.165, 1.54) is 11.8 Å². The van der Waals surface area contributed by atoms with Crippen molar-refractivity contribution in [1.29, 1.82) is 0 Å². The molecule has 28 heavy (non-hydrogen) atoms. The number of benzene rings is 1. The van der Waals surface area contributed by atoms with Crippen LogP contribution in [0.25, 0.3) is 0 Å². The van der Waals surface area contributed by atoms with Crippen molar-refractivity contribution in [1.82, 2.24) is 4.90 Å². The summed E-state index contributed by atoms with van der Waals surface area (Å²) >= 11 is 0. The van der Waals surface area contributed by atoms with Gasteiger partial charge in [0.15, 0.2) is 11.5 Å². The van der Waals surface area contributed by atoms with Crippen LogP contribution in [0.15, 0.2) is 35.6 Å². The zero-order valence-electron chi connectivity index (χ0n) is 16.6. The Balaban J connectivity index is 1.76. The second kappa shape index (κ2) is 9.21. The molecule has 0 unspecified atom stereocenters. The predicted octanol–water partition coefficient (Wildman–Crippen LogP) is 0.675. The SMILES string of the molecule is CCOc1ccc([C@@H]2C(C(C)=O)=C(O)C(=O)N2CCC[NH+]2CCOCC2)cc1. The highest BCUT2D eigenvalue weighted by molar-refractivity contribution is 6.08. The molecule has 1 amide bonds. The van der Waals surface area contributed by atoms with Crippen molar-refractivity contribution in [2.75, 3.05) is 46.0 Å². The summed E-state index contributed by atoms with van der Waals surface area (Å²) in [6.45, 7) is 8.76. The highest BCUT2D eigenvalue weighted by atomic mass is 16.5. The van der Waals surface area contributed by atoms with Crippen LogP contribution in [-0.4, -0.2) is 67.7 Å². The van der Waals surface area contributed by atoms with E-state index in [0.717, 1.165) is 50.6 Å². The van der Waals surface area contributed by atoms with Gasteiger partial charge in [-0.05, 0) is 31.5 Å². The van der Waals surface area contributed by atoms with Crippen LogP contribution in [0.4, 0.5) is 0 Å². The zero-order chi connectivity index (χ0) is 20.1. The molecule has 1 saturated heterocycles. The molecule has 0 aromatic heterocycles. The molecular formula is C21H29N2O5+. The summed E-state index contributed by atoms with van der Waals surface area (Å²) in [6, 6.07) is 6.80. The highest BCUT2D eigenvalue weighted by Gasteiger charge is 2.42. The molecule has 0 spiro atoms. The van der Waals surface area contributed by atoms with Gasteiger partial charge in [0, 0.05) is 13.0 Å². The summed E-state index contributed by atoms with van der Waals surface area (Å²) in [7, 11) is 0. The van der Waals surface area contributed by atoms with E-state index in [2.05, 4.69) is 0 Å². The fraction of sp³-hybridized carbons (Fsp3) is 0.524. The second-order valence-electron chi connectivity index (χ2n) is 7.19. The van der Waals surface area contributed by atoms with Crippen molar-refractivity contribution < 1.29 is 29.1 Å². The number of ether oxygens (including phenoxy) is 2. The summed E-state index contributed by atoms with van der Waals surface area (Å²) in [5.41, 5.74) is 0.970. The van der Waals surface area contributed by atoms with Gasteiger partial charge >= 0.3 is 0 Å². The lowest BCUT2D eigenvalue weighted by atomic mass is 9.96. The molecule has 1 aromatic carbocycles. The highest BCUT2D eigenvalue weighted by Crippen LogP contribution is 2.38. The average Bonchev–Trinajstić information content (AvgIpc) is 2.95. The first-order valence-corrected chi connectivity index (χ1v) is 9.92. The van der Waals surface area contributed by atoms with Gasteiger partial charge in [-0.25, -0.2) is 0 Å². The van der Waals surface area contributed by atoms with E-state index < -0.39 is 17.7 Å². The number of carbonyl (C=O) groups is 2. The molecule has 7 nitrogen and oxygen atoms in total. The Hall–Kier alpha value is -2.38. The standard InChI is InChI=1S/C21H28N2O5/c1-3-28-17-7-5-16(6-8-17)19-18(15(2)24)20(25)21(26)23(19)10-4-9-22-11-13-27-14-12-22/h5-8,19,25H,3-4,9-14H2,1-2H3/p+1/t19-/m1/s1. The smallest absolute Gasteiger partial charge is 0.290 e. The molecule has 1 fully saturated rings. The molecule has 0 bridgehead atoms. The number of amides is 1. The van der Waals surface area contributed by atoms with Gasteiger partial charge < -0.3 is 24.4 Å². The quantitative estimate of drug-likeness (QED) is 0.683. The summed E-state index contributed by atoms with van der Waals surface area (Å²) in [5.74, 6) is -0.451. The Morgan fingerprint density at radius 3 is 2.57 bits per heavy atom. The second-order valence-corrected chi connectivity index (χ2v) is 7.19. The first kappa shape index (κ1) is 20.4. The third-order valence-corrected chi connectivity index (χ3v) is 5.32. The lowest BCUT2D eigenvalue weighted by Gasteiger charge is -2.28. The van der Waals surface area contributed by atoms with Gasteiger partial charge in [-0.1, -0.05) is 12.1 Å². The van der Waals surface area contributed by atoms with Crippen LogP contribution in [0.2, 0.25) is 0 Å². The average molecular weight is 389 g/mol. The third kappa shape index (κ3) is 4.36. The fourth-order valence-electron chi connectivity index (χ4n) is 3.91. The van der Waals surface area contributed by atoms with E-state index in [0.29, 0.717) is 13.2 Å². The Labute approximate surface area is 165 Å². The maximum atomic E-state index is 12.7. The molecule has 0 radical (unpaired) electrons. The summed E-state index contributed by atoms with van der Waals surface area (Å²) in [4.78, 5) is 27.9. The third-order valence-electron chi connectivity index (χ3n) is 5.32. The Morgan fingerprint density at radius 2 is 1.96 bits per heavy atom. The molecule has 0 saturated carbocycles. The molecule has 3 rings (SSSR count). The molecule has 2 aliphatic heterocycles. The Bertz CT molecular complexity index is 738. The molecule has 7 heteroatoms. The van der Waals surface area contributed by atoms with Gasteiger partial charge in [0.25, 0.3) is 5.91 Å². The molecule has 1 aromatic rings. The Morgan fingerprint density at radius 1 is 1.29 bits per heavy atom. The molecule has 1 atom stereocenters. The number of nitrogens with one attached hydrogen (secondary N) is 1. The normalized spacial score (nSPS) is 20.7. The van der Waals surface area contributed by atoms with Crippen LogP contribution >= 0.6 is 0 Å². The van der Waals surface area contributed by atoms with Crippen LogP contribution in [0.3, 0.4) is 0 Å².